The first-order chi connectivity index (χ1) is 11.6. The molecule has 0 saturated heterocycles. The number of hydrogen-bond donors (Lipinski definition) is 1. The van der Waals surface area contributed by atoms with E-state index in [2.05, 4.69) is 0 Å². The Labute approximate surface area is 142 Å². The fourth-order valence-electron chi connectivity index (χ4n) is 3.27. The molecule has 6 heteroatoms. The van der Waals surface area contributed by atoms with Gasteiger partial charge in [0.05, 0.1) is 12.7 Å². The molecule has 24 heavy (non-hydrogen) atoms. The quantitative estimate of drug-likeness (QED) is 0.830. The lowest BCUT2D eigenvalue weighted by molar-refractivity contribution is -0.136. The van der Waals surface area contributed by atoms with Crippen molar-refractivity contribution in [2.45, 2.75) is 45.1 Å². The van der Waals surface area contributed by atoms with Crippen LogP contribution in [0.5, 0.6) is 11.5 Å². The minimum atomic E-state index is -0.615. The van der Waals surface area contributed by atoms with E-state index in [1.165, 1.54) is 13.5 Å². The molecule has 1 aromatic rings. The Balaban J connectivity index is 2.08. The highest BCUT2D eigenvalue weighted by atomic mass is 16.5. The molecule has 6 nitrogen and oxygen atoms in total. The van der Waals surface area contributed by atoms with Gasteiger partial charge in [-0.2, -0.15) is 0 Å². The molecule has 0 radical (unpaired) electrons. The van der Waals surface area contributed by atoms with Gasteiger partial charge < -0.3 is 20.1 Å². The number of carbonyl (C=O) groups excluding carboxylic acids is 2. The first-order valence-electron chi connectivity index (χ1n) is 8.47. The fourth-order valence-corrected chi connectivity index (χ4v) is 3.27. The SMILES string of the molecule is CCN(C(=O)COc1c(OC)cccc1C(N)=O)C1CCCCC1. The third-order valence-electron chi connectivity index (χ3n) is 4.48. The van der Waals surface area contributed by atoms with Crippen molar-refractivity contribution >= 4 is 11.8 Å². The van der Waals surface area contributed by atoms with E-state index in [0.717, 1.165) is 25.7 Å². The summed E-state index contributed by atoms with van der Waals surface area (Å²) in [7, 11) is 1.48. The van der Waals surface area contributed by atoms with Gasteiger partial charge in [-0.3, -0.25) is 9.59 Å². The van der Waals surface area contributed by atoms with Crippen molar-refractivity contribution < 1.29 is 19.1 Å². The molecule has 0 atom stereocenters. The molecule has 1 aromatic carbocycles. The van der Waals surface area contributed by atoms with Crippen LogP contribution in [0.25, 0.3) is 0 Å². The van der Waals surface area contributed by atoms with Gasteiger partial charge in [-0.15, -0.1) is 0 Å². The monoisotopic (exact) mass is 334 g/mol. The highest BCUT2D eigenvalue weighted by Crippen LogP contribution is 2.31. The lowest BCUT2D eigenvalue weighted by Gasteiger charge is -2.33. The second-order valence-corrected chi connectivity index (χ2v) is 5.96. The standard InChI is InChI=1S/C18H26N2O4/c1-3-20(13-8-5-4-6-9-13)16(21)12-24-17-14(18(19)22)10-7-11-15(17)23-2/h7,10-11,13H,3-6,8-9,12H2,1-2H3,(H2,19,22). The van der Waals surface area contributed by atoms with E-state index >= 15 is 0 Å². The van der Waals surface area contributed by atoms with Crippen molar-refractivity contribution in [1.29, 1.82) is 0 Å². The summed E-state index contributed by atoms with van der Waals surface area (Å²) in [6, 6.07) is 5.18. The summed E-state index contributed by atoms with van der Waals surface area (Å²) in [6.45, 7) is 2.50. The largest absolute Gasteiger partial charge is 0.493 e. The molecule has 2 amide bonds. The Bertz CT molecular complexity index is 582. The van der Waals surface area contributed by atoms with Gasteiger partial charge in [-0.25, -0.2) is 0 Å². The van der Waals surface area contributed by atoms with Crippen molar-refractivity contribution in [1.82, 2.24) is 4.90 Å². The van der Waals surface area contributed by atoms with Crippen LogP contribution in [0.2, 0.25) is 0 Å². The maximum absolute atomic E-state index is 12.6. The Kier molecular flexibility index (Phi) is 6.46. The number of nitrogens with zero attached hydrogens (tertiary/aromatic N) is 1. The van der Waals surface area contributed by atoms with Crippen molar-refractivity contribution in [2.75, 3.05) is 20.3 Å². The number of benzene rings is 1. The predicted molar refractivity (Wildman–Crippen MR) is 91.3 cm³/mol. The maximum atomic E-state index is 12.6. The summed E-state index contributed by atoms with van der Waals surface area (Å²) in [6.07, 6.45) is 5.64. The molecule has 1 fully saturated rings. The minimum Gasteiger partial charge on any atom is -0.493 e. The molecule has 1 aliphatic rings. The lowest BCUT2D eigenvalue weighted by atomic mass is 9.94. The van der Waals surface area contributed by atoms with Gasteiger partial charge in [0.1, 0.15) is 0 Å². The van der Waals surface area contributed by atoms with Gasteiger partial charge in [0.2, 0.25) is 0 Å². The zero-order valence-electron chi connectivity index (χ0n) is 14.4. The van der Waals surface area contributed by atoms with Gasteiger partial charge in [-0.1, -0.05) is 25.3 Å². The van der Waals surface area contributed by atoms with Crippen molar-refractivity contribution in [3.8, 4) is 11.5 Å². The minimum absolute atomic E-state index is 0.0780. The average Bonchev–Trinajstić information content (AvgIpc) is 2.61. The zero-order valence-corrected chi connectivity index (χ0v) is 14.4. The van der Waals surface area contributed by atoms with E-state index < -0.39 is 5.91 Å². The van der Waals surface area contributed by atoms with E-state index in [0.29, 0.717) is 12.3 Å². The summed E-state index contributed by atoms with van der Waals surface area (Å²) >= 11 is 0. The van der Waals surface area contributed by atoms with Gasteiger partial charge in [0.15, 0.2) is 18.1 Å². The van der Waals surface area contributed by atoms with Crippen LogP contribution in [0.15, 0.2) is 18.2 Å². The van der Waals surface area contributed by atoms with Crippen LogP contribution in [0.1, 0.15) is 49.4 Å². The highest BCUT2D eigenvalue weighted by Gasteiger charge is 2.25. The molecule has 0 bridgehead atoms. The Morgan fingerprint density at radius 1 is 1.25 bits per heavy atom. The first kappa shape index (κ1) is 18.1. The van der Waals surface area contributed by atoms with Crippen molar-refractivity contribution in [3.63, 3.8) is 0 Å². The molecule has 0 heterocycles. The van der Waals surface area contributed by atoms with Crippen LogP contribution >= 0.6 is 0 Å². The average molecular weight is 334 g/mol. The molecule has 1 saturated carbocycles. The van der Waals surface area contributed by atoms with Crippen molar-refractivity contribution in [2.24, 2.45) is 5.73 Å². The first-order valence-corrected chi connectivity index (χ1v) is 8.47. The molecule has 132 valence electrons. The Morgan fingerprint density at radius 3 is 2.54 bits per heavy atom. The topological polar surface area (TPSA) is 81.9 Å². The highest BCUT2D eigenvalue weighted by molar-refractivity contribution is 5.96. The summed E-state index contributed by atoms with van der Waals surface area (Å²) < 4.78 is 10.9. The molecule has 0 aliphatic heterocycles. The Morgan fingerprint density at radius 2 is 1.96 bits per heavy atom. The van der Waals surface area contributed by atoms with E-state index in [4.69, 9.17) is 15.2 Å². The number of amides is 2. The predicted octanol–water partition coefficient (Wildman–Crippen LogP) is 2.35. The smallest absolute Gasteiger partial charge is 0.260 e. The van der Waals surface area contributed by atoms with E-state index in [1.54, 1.807) is 18.2 Å². The second-order valence-electron chi connectivity index (χ2n) is 5.96. The van der Waals surface area contributed by atoms with Crippen LogP contribution in [0.4, 0.5) is 0 Å². The number of methoxy groups -OCH3 is 1. The van der Waals surface area contributed by atoms with Gasteiger partial charge in [0, 0.05) is 12.6 Å². The molecule has 1 aliphatic carbocycles. The summed E-state index contributed by atoms with van der Waals surface area (Å²) in [5.74, 6) is -0.0814. The van der Waals surface area contributed by atoms with E-state index in [-0.39, 0.29) is 29.9 Å². The molecule has 0 aromatic heterocycles. The van der Waals surface area contributed by atoms with Crippen LogP contribution in [0, 0.1) is 0 Å². The zero-order chi connectivity index (χ0) is 17.5. The molecule has 2 rings (SSSR count). The fraction of sp³-hybridized carbons (Fsp3) is 0.556. The Hall–Kier alpha value is -2.24. The molecular formula is C18H26N2O4. The molecule has 2 N–H and O–H groups in total. The maximum Gasteiger partial charge on any atom is 0.260 e. The molecule has 0 spiro atoms. The van der Waals surface area contributed by atoms with Crippen LogP contribution in [-0.2, 0) is 4.79 Å². The molecule has 0 unspecified atom stereocenters. The second kappa shape index (κ2) is 8.57. The number of nitrogens with two attached hydrogens (primary N) is 1. The number of carbonyl (C=O) groups is 2. The number of rotatable bonds is 7. The van der Waals surface area contributed by atoms with Gasteiger partial charge in [0.25, 0.3) is 11.8 Å². The third-order valence-corrected chi connectivity index (χ3v) is 4.48. The van der Waals surface area contributed by atoms with E-state index in [9.17, 15) is 9.59 Å². The lowest BCUT2D eigenvalue weighted by Crippen LogP contribution is -2.43. The number of para-hydroxylation sites is 1. The van der Waals surface area contributed by atoms with Crippen LogP contribution < -0.4 is 15.2 Å². The van der Waals surface area contributed by atoms with E-state index in [1.807, 2.05) is 11.8 Å². The summed E-state index contributed by atoms with van der Waals surface area (Å²) in [5.41, 5.74) is 5.59. The molecular weight excluding hydrogens is 308 g/mol. The number of likely N-dealkylation sites (N-methyl/N-ethyl adjacent to an activating group) is 1. The normalized spacial score (nSPS) is 14.9. The number of primary amides is 1. The summed E-state index contributed by atoms with van der Waals surface area (Å²) in [5, 5.41) is 0. The third kappa shape index (κ3) is 4.19. The number of ether oxygens (including phenoxy) is 2. The van der Waals surface area contributed by atoms with Gasteiger partial charge in [-0.05, 0) is 31.9 Å². The summed E-state index contributed by atoms with van der Waals surface area (Å²) in [4.78, 5) is 26.0. The van der Waals surface area contributed by atoms with Crippen molar-refractivity contribution in [3.05, 3.63) is 23.8 Å². The van der Waals surface area contributed by atoms with Crippen LogP contribution in [-0.4, -0.2) is 43.0 Å². The number of hydrogen-bond acceptors (Lipinski definition) is 4. The van der Waals surface area contributed by atoms with Gasteiger partial charge >= 0.3 is 0 Å². The van der Waals surface area contributed by atoms with Crippen LogP contribution in [0.3, 0.4) is 0 Å².